The molecule has 0 aromatic carbocycles. The lowest BCUT2D eigenvalue weighted by Crippen LogP contribution is -1.82. The van der Waals surface area contributed by atoms with Crippen molar-refractivity contribution in [2.45, 2.75) is 0 Å². The molecule has 0 unspecified atom stereocenters. The first kappa shape index (κ1) is 7.78. The minimum atomic E-state index is -0.620. The predicted molar refractivity (Wildman–Crippen MR) is 50.4 cm³/mol. The highest BCUT2D eigenvalue weighted by Crippen LogP contribution is 2.26. The molecule has 0 spiro atoms. The van der Waals surface area contributed by atoms with E-state index in [1.807, 2.05) is 22.6 Å². The largest absolute Gasteiger partial charge is 0.504 e. The molecule has 2 heterocycles. The van der Waals surface area contributed by atoms with E-state index in [1.165, 1.54) is 0 Å². The fourth-order valence-corrected chi connectivity index (χ4v) is 1.66. The Morgan fingerprint density at radius 1 is 1.58 bits per heavy atom. The number of rotatable bonds is 0. The van der Waals surface area contributed by atoms with E-state index < -0.39 is 11.6 Å². The molecule has 2 rings (SSSR count). The molecule has 2 N–H and O–H groups in total. The van der Waals surface area contributed by atoms with Gasteiger partial charge in [0.05, 0.1) is 11.6 Å². The third-order valence-corrected chi connectivity index (χ3v) is 2.42. The highest BCUT2D eigenvalue weighted by Gasteiger charge is 2.11. The molecule has 0 aliphatic rings. The van der Waals surface area contributed by atoms with E-state index in [-0.39, 0.29) is 0 Å². The van der Waals surface area contributed by atoms with E-state index in [9.17, 15) is 4.39 Å². The molecule has 0 bridgehead atoms. The normalized spacial score (nSPS) is 10.8. The maximum Gasteiger partial charge on any atom is 0.178 e. The summed E-state index contributed by atoms with van der Waals surface area (Å²) in [4.78, 5) is 6.60. The van der Waals surface area contributed by atoms with Gasteiger partial charge in [-0.1, -0.05) is 0 Å². The van der Waals surface area contributed by atoms with Crippen LogP contribution in [0.5, 0.6) is 5.75 Å². The Hall–Kier alpha value is -0.850. The van der Waals surface area contributed by atoms with E-state index >= 15 is 0 Å². The minimum Gasteiger partial charge on any atom is -0.504 e. The van der Waals surface area contributed by atoms with Crippen LogP contribution >= 0.6 is 22.6 Å². The molecule has 5 heteroatoms. The number of aromatic amines is 1. The molecule has 3 nitrogen and oxygen atoms in total. The number of H-pyrrole nitrogens is 1. The number of hydrogen-bond donors (Lipinski definition) is 2. The summed E-state index contributed by atoms with van der Waals surface area (Å²) in [6.07, 6.45) is 2.73. The molecule has 12 heavy (non-hydrogen) atoms. The molecule has 0 aliphatic carbocycles. The Labute approximate surface area is 80.8 Å². The first-order chi connectivity index (χ1) is 5.70. The zero-order valence-corrected chi connectivity index (χ0v) is 7.96. The van der Waals surface area contributed by atoms with Crippen molar-refractivity contribution >= 4 is 33.6 Å². The summed E-state index contributed by atoms with van der Waals surface area (Å²) >= 11 is 1.97. The fourth-order valence-electron chi connectivity index (χ4n) is 1.01. The monoisotopic (exact) mass is 278 g/mol. The second-order valence-corrected chi connectivity index (χ2v) is 3.48. The number of nitrogens with one attached hydrogen (secondary N) is 1. The summed E-state index contributed by atoms with van der Waals surface area (Å²) in [5.74, 6) is -1.04. The molecular weight excluding hydrogens is 274 g/mol. The average Bonchev–Trinajstić information content (AvgIpc) is 2.41. The average molecular weight is 278 g/mol. The molecule has 62 valence electrons. The first-order valence-corrected chi connectivity index (χ1v) is 4.28. The number of hydrogen-bond acceptors (Lipinski definition) is 2. The Morgan fingerprint density at radius 2 is 2.33 bits per heavy atom. The molecule has 0 fully saturated rings. The first-order valence-electron chi connectivity index (χ1n) is 3.20. The fraction of sp³-hybridized carbons (Fsp3) is 0. The molecule has 2 aromatic rings. The summed E-state index contributed by atoms with van der Waals surface area (Å²) in [5.41, 5.74) is 0.453. The van der Waals surface area contributed by atoms with Crippen LogP contribution in [0.1, 0.15) is 0 Å². The van der Waals surface area contributed by atoms with Gasteiger partial charge in [0, 0.05) is 9.77 Å². The molecule has 0 amide bonds. The lowest BCUT2D eigenvalue weighted by molar-refractivity contribution is 0.433. The third-order valence-electron chi connectivity index (χ3n) is 1.57. The number of nitrogens with zero attached hydrogens (tertiary/aromatic N) is 1. The van der Waals surface area contributed by atoms with Crippen LogP contribution in [0.15, 0.2) is 12.4 Å². The second kappa shape index (κ2) is 2.58. The number of pyridine rings is 1. The van der Waals surface area contributed by atoms with Crippen LogP contribution in [-0.4, -0.2) is 15.1 Å². The van der Waals surface area contributed by atoms with Crippen molar-refractivity contribution in [2.75, 3.05) is 0 Å². The van der Waals surface area contributed by atoms with Crippen LogP contribution in [0.2, 0.25) is 0 Å². The van der Waals surface area contributed by atoms with Gasteiger partial charge < -0.3 is 10.1 Å². The van der Waals surface area contributed by atoms with Crippen LogP contribution in [0.3, 0.4) is 0 Å². The minimum absolute atomic E-state index is 0.343. The number of fused-ring (bicyclic) bond motifs is 1. The summed E-state index contributed by atoms with van der Waals surface area (Å²) in [7, 11) is 0. The molecule has 0 atom stereocenters. The summed E-state index contributed by atoms with van der Waals surface area (Å²) in [6.45, 7) is 0. The predicted octanol–water partition coefficient (Wildman–Crippen LogP) is 2.01. The van der Waals surface area contributed by atoms with Crippen LogP contribution in [0.4, 0.5) is 4.39 Å². The zero-order valence-electron chi connectivity index (χ0n) is 5.81. The summed E-state index contributed by atoms with van der Waals surface area (Å²) in [6, 6.07) is 0. The van der Waals surface area contributed by atoms with E-state index in [1.54, 1.807) is 6.20 Å². The highest BCUT2D eigenvalue weighted by atomic mass is 127. The zero-order chi connectivity index (χ0) is 8.72. The molecule has 0 radical (unpaired) electrons. The van der Waals surface area contributed by atoms with Crippen LogP contribution < -0.4 is 0 Å². The highest BCUT2D eigenvalue weighted by molar-refractivity contribution is 14.1. The smallest absolute Gasteiger partial charge is 0.178 e. The Kier molecular flexibility index (Phi) is 1.67. The van der Waals surface area contributed by atoms with Gasteiger partial charge in [-0.05, 0) is 22.6 Å². The van der Waals surface area contributed by atoms with Gasteiger partial charge in [-0.25, -0.2) is 9.37 Å². The summed E-state index contributed by atoms with van der Waals surface area (Å²) in [5, 5.41) is 9.35. The topological polar surface area (TPSA) is 48.9 Å². The van der Waals surface area contributed by atoms with Crippen molar-refractivity contribution in [1.29, 1.82) is 0 Å². The van der Waals surface area contributed by atoms with Crippen molar-refractivity contribution < 1.29 is 9.50 Å². The third kappa shape index (κ3) is 0.961. The maximum atomic E-state index is 13.2. The van der Waals surface area contributed by atoms with Crippen molar-refractivity contribution in [3.8, 4) is 5.75 Å². The lowest BCUT2D eigenvalue weighted by Gasteiger charge is -1.95. The van der Waals surface area contributed by atoms with E-state index in [0.29, 0.717) is 14.6 Å². The second-order valence-electron chi connectivity index (χ2n) is 2.32. The Balaban J connectivity index is 2.96. The van der Waals surface area contributed by atoms with Crippen molar-refractivity contribution in [3.63, 3.8) is 0 Å². The van der Waals surface area contributed by atoms with Gasteiger partial charge >= 0.3 is 0 Å². The van der Waals surface area contributed by atoms with Gasteiger partial charge in [0.1, 0.15) is 5.65 Å². The van der Waals surface area contributed by atoms with E-state index in [4.69, 9.17) is 5.11 Å². The van der Waals surface area contributed by atoms with Crippen molar-refractivity contribution in [1.82, 2.24) is 9.97 Å². The molecule has 0 saturated carbocycles. The van der Waals surface area contributed by atoms with Gasteiger partial charge in [0.15, 0.2) is 11.6 Å². The van der Waals surface area contributed by atoms with E-state index in [2.05, 4.69) is 9.97 Å². The van der Waals surface area contributed by atoms with E-state index in [0.717, 1.165) is 6.20 Å². The number of aromatic hydroxyl groups is 1. The Morgan fingerprint density at radius 3 is 3.08 bits per heavy atom. The van der Waals surface area contributed by atoms with Crippen LogP contribution in [-0.2, 0) is 0 Å². The molecular formula is C7H4FIN2O. The molecule has 2 aromatic heterocycles. The van der Waals surface area contributed by atoms with Gasteiger partial charge in [-0.3, -0.25) is 0 Å². The Bertz CT molecular complexity index is 440. The van der Waals surface area contributed by atoms with Gasteiger partial charge in [0.25, 0.3) is 0 Å². The lowest BCUT2D eigenvalue weighted by atomic mass is 10.3. The number of aromatic nitrogens is 2. The van der Waals surface area contributed by atoms with Crippen LogP contribution in [0.25, 0.3) is 11.0 Å². The maximum absolute atomic E-state index is 13.2. The van der Waals surface area contributed by atoms with Gasteiger partial charge in [-0.2, -0.15) is 0 Å². The SMILES string of the molecule is Oc1cnc2[nH]cc(I)c2c1F. The standard InChI is InChI=1S/C7H4FIN2O/c8-6-4(12)2-11-7-5(6)3(9)1-10-7/h1-2,12H,(H,10,11). The van der Waals surface area contributed by atoms with Gasteiger partial charge in [-0.15, -0.1) is 0 Å². The molecule has 0 aliphatic heterocycles. The van der Waals surface area contributed by atoms with Crippen molar-refractivity contribution in [2.24, 2.45) is 0 Å². The number of halogens is 2. The van der Waals surface area contributed by atoms with Crippen molar-refractivity contribution in [3.05, 3.63) is 21.8 Å². The van der Waals surface area contributed by atoms with Gasteiger partial charge in [0.2, 0.25) is 0 Å². The summed E-state index contributed by atoms with van der Waals surface area (Å²) < 4.78 is 13.9. The van der Waals surface area contributed by atoms with Crippen LogP contribution in [0, 0.1) is 9.39 Å². The quantitative estimate of drug-likeness (QED) is 0.724. The molecule has 0 saturated heterocycles.